The van der Waals surface area contributed by atoms with Crippen molar-refractivity contribution in [1.82, 2.24) is 15.2 Å². The third-order valence-electron chi connectivity index (χ3n) is 6.53. The second kappa shape index (κ2) is 11.0. The van der Waals surface area contributed by atoms with Gasteiger partial charge >= 0.3 is 0 Å². The zero-order valence-electron chi connectivity index (χ0n) is 19.2. The maximum absolute atomic E-state index is 12.2. The van der Waals surface area contributed by atoms with Gasteiger partial charge in [0.2, 0.25) is 0 Å². The molecule has 1 aromatic heterocycles. The number of pyridine rings is 1. The second-order valence-electron chi connectivity index (χ2n) is 8.65. The number of aromatic nitrogens is 1. The van der Waals surface area contributed by atoms with E-state index in [1.54, 1.807) is 7.11 Å². The number of aromatic amines is 1. The van der Waals surface area contributed by atoms with E-state index < -0.39 is 0 Å². The van der Waals surface area contributed by atoms with E-state index in [1.807, 2.05) is 37.3 Å². The average molecular weight is 488 g/mol. The van der Waals surface area contributed by atoms with E-state index >= 15 is 0 Å². The molecule has 1 aliphatic heterocycles. The first-order chi connectivity index (χ1) is 16.0. The predicted molar refractivity (Wildman–Crippen MR) is 137 cm³/mol. The molecule has 0 radical (unpaired) electrons. The molecule has 3 aromatic rings. The molecule has 1 saturated heterocycles. The molecule has 1 aliphatic rings. The van der Waals surface area contributed by atoms with E-state index in [4.69, 9.17) is 27.9 Å². The Hall–Kier alpha value is -1.89. The number of methoxy groups -OCH3 is 1. The molecule has 0 saturated carbocycles. The van der Waals surface area contributed by atoms with Crippen molar-refractivity contribution in [2.45, 2.75) is 38.3 Å². The Labute approximate surface area is 205 Å². The van der Waals surface area contributed by atoms with Gasteiger partial charge in [0.1, 0.15) is 0 Å². The number of likely N-dealkylation sites (tertiary alicyclic amines) is 1. The second-order valence-corrected chi connectivity index (χ2v) is 9.49. The third-order valence-corrected chi connectivity index (χ3v) is 7.10. The lowest BCUT2D eigenvalue weighted by Gasteiger charge is -2.38. The number of ether oxygens (including phenoxy) is 1. The highest BCUT2D eigenvalue weighted by atomic mass is 35.5. The lowest BCUT2D eigenvalue weighted by atomic mass is 9.92. The van der Waals surface area contributed by atoms with Crippen molar-refractivity contribution < 1.29 is 4.74 Å². The number of hydrogen-bond donors (Lipinski definition) is 2. The van der Waals surface area contributed by atoms with Crippen molar-refractivity contribution in [3.63, 3.8) is 0 Å². The van der Waals surface area contributed by atoms with Crippen LogP contribution < -0.4 is 10.9 Å². The fourth-order valence-electron chi connectivity index (χ4n) is 4.74. The highest BCUT2D eigenvalue weighted by Gasteiger charge is 2.29. The Morgan fingerprint density at radius 2 is 1.94 bits per heavy atom. The number of nitrogens with one attached hydrogen (secondary N) is 2. The fourth-order valence-corrected chi connectivity index (χ4v) is 5.25. The number of halogens is 2. The van der Waals surface area contributed by atoms with Gasteiger partial charge in [-0.1, -0.05) is 42.3 Å². The molecule has 0 amide bonds. The quantitative estimate of drug-likeness (QED) is 0.429. The standard InChI is InChI=1S/C26H31Cl2N3O2/c1-3-17-14-19-15-18(4-7-24(19)30-26(17)32)25(22-6-5-20(27)16-23(22)28)31-11-8-21(9-12-31)29-10-13-33-2/h4-7,14-16,21,25,29H,3,8-13H2,1-2H3,(H,30,32). The first-order valence-electron chi connectivity index (χ1n) is 11.6. The maximum atomic E-state index is 12.2. The molecule has 2 N–H and O–H groups in total. The summed E-state index contributed by atoms with van der Waals surface area (Å²) >= 11 is 12.9. The summed E-state index contributed by atoms with van der Waals surface area (Å²) in [5, 5.41) is 5.93. The van der Waals surface area contributed by atoms with E-state index in [2.05, 4.69) is 27.3 Å². The van der Waals surface area contributed by atoms with E-state index in [9.17, 15) is 4.79 Å². The zero-order valence-corrected chi connectivity index (χ0v) is 20.7. The van der Waals surface area contributed by atoms with Gasteiger partial charge in [-0.2, -0.15) is 0 Å². The van der Waals surface area contributed by atoms with Gasteiger partial charge in [0.25, 0.3) is 5.56 Å². The molecular formula is C26H31Cl2N3O2. The topological polar surface area (TPSA) is 57.4 Å². The summed E-state index contributed by atoms with van der Waals surface area (Å²) in [6.07, 6.45) is 2.82. The van der Waals surface area contributed by atoms with Gasteiger partial charge in [0.15, 0.2) is 0 Å². The highest BCUT2D eigenvalue weighted by Crippen LogP contribution is 2.37. The minimum Gasteiger partial charge on any atom is -0.383 e. The van der Waals surface area contributed by atoms with Crippen molar-refractivity contribution in [3.05, 3.63) is 79.6 Å². The largest absolute Gasteiger partial charge is 0.383 e. The van der Waals surface area contributed by atoms with Crippen molar-refractivity contribution in [2.24, 2.45) is 0 Å². The Kier molecular flexibility index (Phi) is 8.10. The molecule has 2 aromatic carbocycles. The molecule has 0 bridgehead atoms. The summed E-state index contributed by atoms with van der Waals surface area (Å²) in [6.45, 7) is 5.51. The van der Waals surface area contributed by atoms with Gasteiger partial charge in [0.05, 0.1) is 12.6 Å². The van der Waals surface area contributed by atoms with E-state index in [0.717, 1.165) is 66.7 Å². The van der Waals surface area contributed by atoms with Crippen LogP contribution in [-0.4, -0.2) is 49.3 Å². The van der Waals surface area contributed by atoms with Crippen LogP contribution in [0.2, 0.25) is 10.0 Å². The molecule has 0 spiro atoms. The molecule has 33 heavy (non-hydrogen) atoms. The van der Waals surface area contributed by atoms with Crippen LogP contribution in [0.4, 0.5) is 0 Å². The number of rotatable bonds is 8. The van der Waals surface area contributed by atoms with Gasteiger partial charge in [-0.05, 0) is 66.1 Å². The summed E-state index contributed by atoms with van der Waals surface area (Å²) in [7, 11) is 1.73. The minimum atomic E-state index is -0.0157. The Balaban J connectivity index is 1.68. The summed E-state index contributed by atoms with van der Waals surface area (Å²) in [5.74, 6) is 0. The minimum absolute atomic E-state index is 0.0103. The third kappa shape index (κ3) is 5.61. The number of benzene rings is 2. The van der Waals surface area contributed by atoms with Gasteiger partial charge in [0, 0.05) is 53.9 Å². The van der Waals surface area contributed by atoms with E-state index in [-0.39, 0.29) is 11.6 Å². The van der Waals surface area contributed by atoms with Crippen molar-refractivity contribution in [3.8, 4) is 0 Å². The predicted octanol–water partition coefficient (Wildman–Crippen LogP) is 5.19. The number of nitrogens with zero attached hydrogens (tertiary/aromatic N) is 1. The van der Waals surface area contributed by atoms with Gasteiger partial charge in [-0.25, -0.2) is 0 Å². The molecule has 176 valence electrons. The number of fused-ring (bicyclic) bond motifs is 1. The summed E-state index contributed by atoms with van der Waals surface area (Å²) < 4.78 is 5.17. The van der Waals surface area contributed by atoms with Gasteiger partial charge in [-0.15, -0.1) is 0 Å². The molecule has 1 fully saturated rings. The summed E-state index contributed by atoms with van der Waals surface area (Å²) in [6, 6.07) is 14.5. The fraction of sp³-hybridized carbons (Fsp3) is 0.423. The van der Waals surface area contributed by atoms with Crippen LogP contribution >= 0.6 is 23.2 Å². The number of piperidine rings is 1. The van der Waals surface area contributed by atoms with Crippen molar-refractivity contribution in [1.29, 1.82) is 0 Å². The molecule has 5 nitrogen and oxygen atoms in total. The summed E-state index contributed by atoms with van der Waals surface area (Å²) in [4.78, 5) is 17.8. The SMILES string of the molecule is CCc1cc2cc(C(c3ccc(Cl)cc3Cl)N3CCC(NCCOC)CC3)ccc2[nH]c1=O. The number of H-pyrrole nitrogens is 1. The highest BCUT2D eigenvalue weighted by molar-refractivity contribution is 6.35. The maximum Gasteiger partial charge on any atom is 0.251 e. The van der Waals surface area contributed by atoms with Crippen molar-refractivity contribution >= 4 is 34.1 Å². The van der Waals surface area contributed by atoms with Crippen LogP contribution in [0.5, 0.6) is 0 Å². The smallest absolute Gasteiger partial charge is 0.251 e. The van der Waals surface area contributed by atoms with Crippen LogP contribution in [0.3, 0.4) is 0 Å². The van der Waals surface area contributed by atoms with Crippen LogP contribution in [0, 0.1) is 0 Å². The molecule has 2 heterocycles. The normalized spacial score (nSPS) is 16.4. The summed E-state index contributed by atoms with van der Waals surface area (Å²) in [5.41, 5.74) is 3.84. The van der Waals surface area contributed by atoms with Gasteiger partial charge in [-0.3, -0.25) is 9.69 Å². The molecule has 4 rings (SSSR count). The van der Waals surface area contributed by atoms with E-state index in [0.29, 0.717) is 22.5 Å². The Morgan fingerprint density at radius 3 is 2.64 bits per heavy atom. The molecule has 7 heteroatoms. The van der Waals surface area contributed by atoms with Crippen molar-refractivity contribution in [2.75, 3.05) is 33.4 Å². The molecule has 0 aliphatic carbocycles. The van der Waals surface area contributed by atoms with Gasteiger partial charge < -0.3 is 15.0 Å². The molecular weight excluding hydrogens is 457 g/mol. The van der Waals surface area contributed by atoms with E-state index in [1.165, 1.54) is 0 Å². The lowest BCUT2D eigenvalue weighted by Crippen LogP contribution is -2.44. The number of aryl methyl sites for hydroxylation is 1. The lowest BCUT2D eigenvalue weighted by molar-refractivity contribution is 0.152. The first-order valence-corrected chi connectivity index (χ1v) is 12.3. The zero-order chi connectivity index (χ0) is 23.4. The number of hydrogen-bond acceptors (Lipinski definition) is 4. The van der Waals surface area contributed by atoms with Crippen LogP contribution in [0.25, 0.3) is 10.9 Å². The monoisotopic (exact) mass is 487 g/mol. The van der Waals surface area contributed by atoms with Crippen LogP contribution in [-0.2, 0) is 11.2 Å². The average Bonchev–Trinajstić information content (AvgIpc) is 2.81. The molecule has 1 unspecified atom stereocenters. The van der Waals surface area contributed by atoms with Crippen LogP contribution in [0.1, 0.15) is 42.5 Å². The van der Waals surface area contributed by atoms with Crippen LogP contribution in [0.15, 0.2) is 47.3 Å². The Morgan fingerprint density at radius 1 is 1.15 bits per heavy atom. The first kappa shape index (κ1) is 24.2. The Bertz CT molecular complexity index is 1160. The molecule has 1 atom stereocenters.